The van der Waals surface area contributed by atoms with Crippen LogP contribution in [0.5, 0.6) is 5.75 Å². The Morgan fingerprint density at radius 3 is 2.78 bits per heavy atom. The molecule has 2 heterocycles. The molecule has 5 nitrogen and oxygen atoms in total. The first-order valence-electron chi connectivity index (χ1n) is 10.4. The van der Waals surface area contributed by atoms with Crippen LogP contribution in [0.2, 0.25) is 0 Å². The van der Waals surface area contributed by atoms with E-state index in [1.54, 1.807) is 6.20 Å². The minimum atomic E-state index is -0.106. The molecule has 0 saturated heterocycles. The Kier molecular flexibility index (Phi) is 7.05. The fraction of sp³-hybridized carbons (Fsp3) is 0.115. The number of para-hydroxylation sites is 1. The number of rotatable bonds is 8. The van der Waals surface area contributed by atoms with E-state index in [4.69, 9.17) is 4.74 Å². The lowest BCUT2D eigenvalue weighted by atomic mass is 10.1. The van der Waals surface area contributed by atoms with Crippen molar-refractivity contribution in [2.75, 3.05) is 11.9 Å². The number of anilines is 1. The molecule has 0 aliphatic rings. The van der Waals surface area contributed by atoms with Gasteiger partial charge in [0.15, 0.2) is 0 Å². The summed E-state index contributed by atoms with van der Waals surface area (Å²) in [5.41, 5.74) is 4.29. The summed E-state index contributed by atoms with van der Waals surface area (Å²) < 4.78 is 5.70. The molecule has 0 aliphatic carbocycles. The number of pyridine rings is 1. The van der Waals surface area contributed by atoms with Crippen LogP contribution in [0.15, 0.2) is 78.3 Å². The minimum Gasteiger partial charge on any atom is -0.493 e. The summed E-state index contributed by atoms with van der Waals surface area (Å²) in [6, 6.07) is 21.3. The molecular formula is C26H23N3O2S. The number of carbonyl (C=O) groups excluding carboxylic acids is 1. The first-order valence-corrected chi connectivity index (χ1v) is 11.2. The maximum atomic E-state index is 12.6. The van der Waals surface area contributed by atoms with E-state index in [9.17, 15) is 4.79 Å². The molecule has 0 radical (unpaired) electrons. The zero-order valence-corrected chi connectivity index (χ0v) is 18.5. The molecule has 0 fully saturated rings. The monoisotopic (exact) mass is 441 g/mol. The lowest BCUT2D eigenvalue weighted by Gasteiger charge is -2.07. The number of benzene rings is 2. The van der Waals surface area contributed by atoms with Crippen molar-refractivity contribution in [3.8, 4) is 16.3 Å². The van der Waals surface area contributed by atoms with E-state index in [1.165, 1.54) is 11.3 Å². The Bertz CT molecular complexity index is 1220. The van der Waals surface area contributed by atoms with Crippen LogP contribution >= 0.6 is 11.3 Å². The first-order chi connectivity index (χ1) is 15.7. The largest absolute Gasteiger partial charge is 0.493 e. The lowest BCUT2D eigenvalue weighted by molar-refractivity contribution is -0.115. The average molecular weight is 442 g/mol. The van der Waals surface area contributed by atoms with Crippen molar-refractivity contribution in [3.63, 3.8) is 0 Å². The smallest absolute Gasteiger partial charge is 0.230 e. The van der Waals surface area contributed by atoms with Crippen LogP contribution in [0, 0.1) is 0 Å². The van der Waals surface area contributed by atoms with Crippen LogP contribution in [0.3, 0.4) is 0 Å². The SMILES string of the molecule is CCOc1ccccc1-c1nc(CC(=O)Nc2cccc(/C=C/c3ccccn3)c2)cs1. The van der Waals surface area contributed by atoms with Gasteiger partial charge in [0.05, 0.1) is 30.0 Å². The van der Waals surface area contributed by atoms with Gasteiger partial charge >= 0.3 is 0 Å². The molecule has 1 amide bonds. The second-order valence-electron chi connectivity index (χ2n) is 7.01. The number of thiazole rings is 1. The number of hydrogen-bond donors (Lipinski definition) is 1. The number of ether oxygens (including phenoxy) is 1. The lowest BCUT2D eigenvalue weighted by Crippen LogP contribution is -2.14. The molecule has 32 heavy (non-hydrogen) atoms. The molecule has 2 aromatic heterocycles. The fourth-order valence-corrected chi connectivity index (χ4v) is 4.03. The first kappa shape index (κ1) is 21.5. The van der Waals surface area contributed by atoms with Crippen molar-refractivity contribution in [2.45, 2.75) is 13.3 Å². The van der Waals surface area contributed by atoms with Crippen LogP contribution < -0.4 is 10.1 Å². The maximum absolute atomic E-state index is 12.6. The van der Waals surface area contributed by atoms with Gasteiger partial charge in [-0.1, -0.05) is 36.4 Å². The minimum absolute atomic E-state index is 0.106. The number of nitrogens with one attached hydrogen (secondary N) is 1. The van der Waals surface area contributed by atoms with Crippen LogP contribution in [0.25, 0.3) is 22.7 Å². The van der Waals surface area contributed by atoms with E-state index >= 15 is 0 Å². The zero-order chi connectivity index (χ0) is 22.2. The number of amides is 1. The van der Waals surface area contributed by atoms with Gasteiger partial charge < -0.3 is 10.1 Å². The summed E-state index contributed by atoms with van der Waals surface area (Å²) in [5, 5.41) is 5.73. The standard InChI is InChI=1S/C26H23N3O2S/c1-2-31-24-12-4-3-11-23(24)26-29-22(18-32-26)17-25(30)28-21-10-7-8-19(16-21)13-14-20-9-5-6-15-27-20/h3-16,18H,2,17H2,1H3,(H,28,30)/b14-13+. The Morgan fingerprint density at radius 2 is 1.94 bits per heavy atom. The quantitative estimate of drug-likeness (QED) is 0.367. The fourth-order valence-electron chi connectivity index (χ4n) is 3.18. The second-order valence-corrected chi connectivity index (χ2v) is 7.87. The molecule has 0 saturated carbocycles. The third-order valence-corrected chi connectivity index (χ3v) is 5.54. The van der Waals surface area contributed by atoms with E-state index in [0.29, 0.717) is 6.61 Å². The van der Waals surface area contributed by atoms with Crippen molar-refractivity contribution in [3.05, 3.63) is 95.3 Å². The number of hydrogen-bond acceptors (Lipinski definition) is 5. The Hall–Kier alpha value is -3.77. The molecule has 6 heteroatoms. The second kappa shape index (κ2) is 10.5. The molecule has 2 aromatic carbocycles. The summed E-state index contributed by atoms with van der Waals surface area (Å²) in [4.78, 5) is 21.5. The molecular weight excluding hydrogens is 418 g/mol. The molecule has 4 aromatic rings. The summed E-state index contributed by atoms with van der Waals surface area (Å²) in [6.45, 7) is 2.55. The average Bonchev–Trinajstić information content (AvgIpc) is 3.27. The summed E-state index contributed by atoms with van der Waals surface area (Å²) >= 11 is 1.51. The highest BCUT2D eigenvalue weighted by atomic mass is 32.1. The highest BCUT2D eigenvalue weighted by molar-refractivity contribution is 7.13. The molecule has 4 rings (SSSR count). The third kappa shape index (κ3) is 5.68. The van der Waals surface area contributed by atoms with Crippen LogP contribution in [0.1, 0.15) is 23.9 Å². The number of aromatic nitrogens is 2. The van der Waals surface area contributed by atoms with Crippen LogP contribution in [-0.2, 0) is 11.2 Å². The predicted molar refractivity (Wildman–Crippen MR) is 131 cm³/mol. The topological polar surface area (TPSA) is 64.1 Å². The molecule has 0 bridgehead atoms. The van der Waals surface area contributed by atoms with E-state index in [1.807, 2.05) is 91.2 Å². The van der Waals surface area contributed by atoms with Gasteiger partial charge in [0, 0.05) is 17.3 Å². The van der Waals surface area contributed by atoms with Crippen LogP contribution in [0.4, 0.5) is 5.69 Å². The Balaban J connectivity index is 1.40. The molecule has 0 atom stereocenters. The summed E-state index contributed by atoms with van der Waals surface area (Å²) in [6.07, 6.45) is 5.88. The molecule has 0 unspecified atom stereocenters. The van der Waals surface area contributed by atoms with Crippen LogP contribution in [-0.4, -0.2) is 22.5 Å². The van der Waals surface area contributed by atoms with Gasteiger partial charge in [-0.3, -0.25) is 9.78 Å². The Labute approximate surface area is 191 Å². The van der Waals surface area contributed by atoms with E-state index in [-0.39, 0.29) is 12.3 Å². The van der Waals surface area contributed by atoms with Gasteiger partial charge in [-0.2, -0.15) is 0 Å². The van der Waals surface area contributed by atoms with Gasteiger partial charge in [0.1, 0.15) is 10.8 Å². The van der Waals surface area contributed by atoms with Gasteiger partial charge in [-0.25, -0.2) is 4.98 Å². The van der Waals surface area contributed by atoms with E-state index in [0.717, 1.165) is 39.0 Å². The Morgan fingerprint density at radius 1 is 1.06 bits per heavy atom. The summed E-state index contributed by atoms with van der Waals surface area (Å²) in [5.74, 6) is 0.696. The number of carbonyl (C=O) groups is 1. The zero-order valence-electron chi connectivity index (χ0n) is 17.7. The summed E-state index contributed by atoms with van der Waals surface area (Å²) in [7, 11) is 0. The highest BCUT2D eigenvalue weighted by Crippen LogP contribution is 2.32. The van der Waals surface area contributed by atoms with Gasteiger partial charge in [0.2, 0.25) is 5.91 Å². The van der Waals surface area contributed by atoms with Crippen molar-refractivity contribution < 1.29 is 9.53 Å². The maximum Gasteiger partial charge on any atom is 0.230 e. The third-order valence-electron chi connectivity index (χ3n) is 4.62. The van der Waals surface area contributed by atoms with E-state index in [2.05, 4.69) is 15.3 Å². The highest BCUT2D eigenvalue weighted by Gasteiger charge is 2.12. The van der Waals surface area contributed by atoms with Crippen molar-refractivity contribution in [1.82, 2.24) is 9.97 Å². The van der Waals surface area contributed by atoms with Crippen molar-refractivity contribution in [2.24, 2.45) is 0 Å². The molecule has 1 N–H and O–H groups in total. The molecule has 0 aliphatic heterocycles. The van der Waals surface area contributed by atoms with E-state index < -0.39 is 0 Å². The molecule has 0 spiro atoms. The normalized spacial score (nSPS) is 10.9. The van der Waals surface area contributed by atoms with Crippen molar-refractivity contribution >= 4 is 35.1 Å². The number of nitrogens with zero attached hydrogens (tertiary/aromatic N) is 2. The molecule has 160 valence electrons. The van der Waals surface area contributed by atoms with Gasteiger partial charge in [-0.15, -0.1) is 11.3 Å². The van der Waals surface area contributed by atoms with Gasteiger partial charge in [0.25, 0.3) is 0 Å². The van der Waals surface area contributed by atoms with Gasteiger partial charge in [-0.05, 0) is 55.0 Å². The van der Waals surface area contributed by atoms with Crippen molar-refractivity contribution in [1.29, 1.82) is 0 Å². The predicted octanol–water partition coefficient (Wildman–Crippen LogP) is 5.96.